The van der Waals surface area contributed by atoms with Crippen LogP contribution in [0.25, 0.3) is 0 Å². The number of hydrogen-bond donors (Lipinski definition) is 0. The van der Waals surface area contributed by atoms with E-state index in [0.717, 1.165) is 19.1 Å². The minimum atomic E-state index is -3.23. The van der Waals surface area contributed by atoms with Crippen LogP contribution in [-0.4, -0.2) is 26.1 Å². The van der Waals surface area contributed by atoms with Gasteiger partial charge in [0.25, 0.3) is 0 Å². The van der Waals surface area contributed by atoms with E-state index in [9.17, 15) is 9.36 Å². The van der Waals surface area contributed by atoms with Crippen molar-refractivity contribution in [1.29, 1.82) is 0 Å². The van der Waals surface area contributed by atoms with Crippen molar-refractivity contribution in [3.05, 3.63) is 29.3 Å². The van der Waals surface area contributed by atoms with Gasteiger partial charge in [0, 0.05) is 11.1 Å². The fourth-order valence-corrected chi connectivity index (χ4v) is 3.70. The fourth-order valence-electron chi connectivity index (χ4n) is 1.99. The van der Waals surface area contributed by atoms with Gasteiger partial charge in [0.2, 0.25) is 0 Å². The average Bonchev–Trinajstić information content (AvgIpc) is 2.49. The molecule has 0 N–H and O–H groups in total. The van der Waals surface area contributed by atoms with E-state index in [1.54, 1.807) is 32.0 Å². The summed E-state index contributed by atoms with van der Waals surface area (Å²) >= 11 is 0. The van der Waals surface area contributed by atoms with Crippen LogP contribution in [0.2, 0.25) is 0 Å². The standard InChI is InChI=1S/C16H25O5P/c1-4-7-10-19-16-9-8-14(12-17)11-15(16)13-22(18,20-5-2)21-6-3/h8-9,11-12H,4-7,10,13H2,1-3H3. The molecule has 0 saturated heterocycles. The second kappa shape index (κ2) is 9.78. The maximum atomic E-state index is 12.7. The zero-order chi connectivity index (χ0) is 16.4. The first-order valence-electron chi connectivity index (χ1n) is 7.67. The van der Waals surface area contributed by atoms with Gasteiger partial charge < -0.3 is 13.8 Å². The highest BCUT2D eigenvalue weighted by Crippen LogP contribution is 2.52. The molecule has 0 bridgehead atoms. The van der Waals surface area contributed by atoms with Gasteiger partial charge in [0.15, 0.2) is 0 Å². The molecule has 1 rings (SSSR count). The van der Waals surface area contributed by atoms with Crippen LogP contribution < -0.4 is 4.74 Å². The molecule has 0 unspecified atom stereocenters. The topological polar surface area (TPSA) is 61.8 Å². The van der Waals surface area contributed by atoms with E-state index in [4.69, 9.17) is 13.8 Å². The Kier molecular flexibility index (Phi) is 8.39. The third kappa shape index (κ3) is 5.91. The largest absolute Gasteiger partial charge is 0.493 e. The zero-order valence-corrected chi connectivity index (χ0v) is 14.4. The van der Waals surface area contributed by atoms with Gasteiger partial charge in [-0.2, -0.15) is 0 Å². The lowest BCUT2D eigenvalue weighted by atomic mass is 10.1. The number of ether oxygens (including phenoxy) is 1. The summed E-state index contributed by atoms with van der Waals surface area (Å²) in [5.74, 6) is 0.624. The molecule has 0 spiro atoms. The van der Waals surface area contributed by atoms with Crippen molar-refractivity contribution < 1.29 is 23.1 Å². The van der Waals surface area contributed by atoms with E-state index in [1.807, 2.05) is 0 Å². The Labute approximate surface area is 132 Å². The third-order valence-corrected chi connectivity index (χ3v) is 5.02. The molecule has 0 aliphatic heterocycles. The van der Waals surface area contributed by atoms with Gasteiger partial charge in [-0.05, 0) is 38.5 Å². The van der Waals surface area contributed by atoms with Crippen LogP contribution in [0.15, 0.2) is 18.2 Å². The van der Waals surface area contributed by atoms with E-state index in [-0.39, 0.29) is 6.16 Å². The Morgan fingerprint density at radius 3 is 2.36 bits per heavy atom. The van der Waals surface area contributed by atoms with E-state index in [1.165, 1.54) is 0 Å². The monoisotopic (exact) mass is 328 g/mol. The summed E-state index contributed by atoms with van der Waals surface area (Å²) < 4.78 is 29.0. The molecule has 0 aliphatic rings. The second-order valence-electron chi connectivity index (χ2n) is 4.79. The molecule has 0 atom stereocenters. The van der Waals surface area contributed by atoms with Gasteiger partial charge in [-0.25, -0.2) is 0 Å². The minimum absolute atomic E-state index is 0.0951. The summed E-state index contributed by atoms with van der Waals surface area (Å²) in [7, 11) is -3.23. The summed E-state index contributed by atoms with van der Waals surface area (Å²) in [6.07, 6.45) is 2.81. The summed E-state index contributed by atoms with van der Waals surface area (Å²) in [4.78, 5) is 11.0. The van der Waals surface area contributed by atoms with Crippen LogP contribution >= 0.6 is 7.60 Å². The van der Waals surface area contributed by atoms with Gasteiger partial charge in [0.1, 0.15) is 12.0 Å². The molecule has 0 aromatic heterocycles. The number of carbonyl (C=O) groups is 1. The molecule has 0 heterocycles. The summed E-state index contributed by atoms with van der Waals surface area (Å²) in [6.45, 7) is 6.81. The predicted molar refractivity (Wildman–Crippen MR) is 86.8 cm³/mol. The average molecular weight is 328 g/mol. The summed E-state index contributed by atoms with van der Waals surface area (Å²) in [5, 5.41) is 0. The molecule has 124 valence electrons. The maximum Gasteiger partial charge on any atom is 0.335 e. The van der Waals surface area contributed by atoms with Gasteiger partial charge in [0.05, 0.1) is 26.0 Å². The lowest BCUT2D eigenvalue weighted by Crippen LogP contribution is -2.04. The molecule has 0 fully saturated rings. The lowest BCUT2D eigenvalue weighted by molar-refractivity contribution is 0.112. The molecular weight excluding hydrogens is 303 g/mol. The Hall–Kier alpha value is -1.16. The van der Waals surface area contributed by atoms with Crippen molar-refractivity contribution in [1.82, 2.24) is 0 Å². The van der Waals surface area contributed by atoms with Crippen LogP contribution in [0.4, 0.5) is 0 Å². The van der Waals surface area contributed by atoms with Gasteiger partial charge in [-0.3, -0.25) is 9.36 Å². The lowest BCUT2D eigenvalue weighted by Gasteiger charge is -2.19. The first kappa shape index (κ1) is 18.9. The molecule has 0 saturated carbocycles. The van der Waals surface area contributed by atoms with Crippen molar-refractivity contribution in [2.75, 3.05) is 19.8 Å². The van der Waals surface area contributed by atoms with Crippen LogP contribution in [0, 0.1) is 0 Å². The van der Waals surface area contributed by atoms with Crippen molar-refractivity contribution in [2.45, 2.75) is 39.8 Å². The molecule has 0 amide bonds. The fraction of sp³-hybridized carbons (Fsp3) is 0.562. The molecule has 0 radical (unpaired) electrons. The minimum Gasteiger partial charge on any atom is -0.493 e. The van der Waals surface area contributed by atoms with Crippen LogP contribution in [0.1, 0.15) is 49.5 Å². The summed E-state index contributed by atoms with van der Waals surface area (Å²) in [5.41, 5.74) is 1.18. The van der Waals surface area contributed by atoms with E-state index in [0.29, 0.717) is 36.7 Å². The molecule has 0 aliphatic carbocycles. The van der Waals surface area contributed by atoms with E-state index < -0.39 is 7.60 Å². The van der Waals surface area contributed by atoms with Crippen molar-refractivity contribution in [3.8, 4) is 5.75 Å². The number of aldehydes is 1. The molecular formula is C16H25O5P. The van der Waals surface area contributed by atoms with Crippen molar-refractivity contribution in [2.24, 2.45) is 0 Å². The van der Waals surface area contributed by atoms with Gasteiger partial charge in [-0.15, -0.1) is 0 Å². The molecule has 5 nitrogen and oxygen atoms in total. The second-order valence-corrected chi connectivity index (χ2v) is 6.85. The number of benzene rings is 1. The Morgan fingerprint density at radius 2 is 1.82 bits per heavy atom. The van der Waals surface area contributed by atoms with Gasteiger partial charge >= 0.3 is 7.60 Å². The van der Waals surface area contributed by atoms with Crippen LogP contribution in [0.3, 0.4) is 0 Å². The molecule has 1 aromatic carbocycles. The first-order chi connectivity index (χ1) is 10.6. The Bertz CT molecular complexity index is 505. The number of rotatable bonds is 11. The van der Waals surface area contributed by atoms with Crippen LogP contribution in [0.5, 0.6) is 5.75 Å². The summed E-state index contributed by atoms with van der Waals surface area (Å²) in [6, 6.07) is 5.10. The normalized spacial score (nSPS) is 11.4. The smallest absolute Gasteiger partial charge is 0.335 e. The van der Waals surface area contributed by atoms with E-state index in [2.05, 4.69) is 6.92 Å². The highest BCUT2D eigenvalue weighted by atomic mass is 31.2. The molecule has 6 heteroatoms. The SMILES string of the molecule is CCCCOc1ccc(C=O)cc1CP(=O)(OCC)OCC. The highest BCUT2D eigenvalue weighted by molar-refractivity contribution is 7.53. The molecule has 22 heavy (non-hydrogen) atoms. The number of carbonyl (C=O) groups excluding carboxylic acids is 1. The van der Waals surface area contributed by atoms with Gasteiger partial charge in [-0.1, -0.05) is 13.3 Å². The van der Waals surface area contributed by atoms with Crippen molar-refractivity contribution in [3.63, 3.8) is 0 Å². The molecule has 1 aromatic rings. The van der Waals surface area contributed by atoms with Crippen molar-refractivity contribution >= 4 is 13.9 Å². The Morgan fingerprint density at radius 1 is 1.14 bits per heavy atom. The number of hydrogen-bond acceptors (Lipinski definition) is 5. The maximum absolute atomic E-state index is 12.7. The van der Waals surface area contributed by atoms with Crippen LogP contribution in [-0.2, 0) is 19.8 Å². The third-order valence-electron chi connectivity index (χ3n) is 2.99. The number of unbranched alkanes of at least 4 members (excludes halogenated alkanes) is 1. The highest BCUT2D eigenvalue weighted by Gasteiger charge is 2.26. The van der Waals surface area contributed by atoms with E-state index >= 15 is 0 Å². The first-order valence-corrected chi connectivity index (χ1v) is 9.40. The zero-order valence-electron chi connectivity index (χ0n) is 13.5. The quantitative estimate of drug-likeness (QED) is 0.341. The predicted octanol–water partition coefficient (Wildman–Crippen LogP) is 4.44. The Balaban J connectivity index is 3.01.